The molecule has 3 nitrogen and oxygen atoms in total. The van der Waals surface area contributed by atoms with Gasteiger partial charge in [0, 0.05) is 11.5 Å². The Kier molecular flexibility index (Phi) is 3.11. The molecule has 0 bridgehead atoms. The van der Waals surface area contributed by atoms with Crippen LogP contribution in [0.5, 0.6) is 5.75 Å². The number of rotatable bonds is 1. The zero-order chi connectivity index (χ0) is 13.5. The molecular weight excluding hydrogens is 252 g/mol. The maximum Gasteiger partial charge on any atom is 0.336 e. The molecule has 1 aromatic carbocycles. The van der Waals surface area contributed by atoms with Crippen LogP contribution in [-0.2, 0) is 0 Å². The van der Waals surface area contributed by atoms with Crippen molar-refractivity contribution in [3.63, 3.8) is 0 Å². The summed E-state index contributed by atoms with van der Waals surface area (Å²) in [4.78, 5) is 11.4. The molecule has 0 fully saturated rings. The first kappa shape index (κ1) is 13.0. The van der Waals surface area contributed by atoms with Gasteiger partial charge in [0.25, 0.3) is 0 Å². The van der Waals surface area contributed by atoms with Crippen LogP contribution in [0.3, 0.4) is 0 Å². The first-order valence-electron chi connectivity index (χ1n) is 5.70. The lowest BCUT2D eigenvalue weighted by molar-refractivity contribution is 0.131. The lowest BCUT2D eigenvalue weighted by Gasteiger charge is -2.22. The zero-order valence-electron chi connectivity index (χ0n) is 10.8. The molecule has 0 amide bonds. The highest BCUT2D eigenvalue weighted by Gasteiger charge is 2.17. The van der Waals surface area contributed by atoms with Crippen LogP contribution in [0, 0.1) is 6.92 Å². The fourth-order valence-corrected chi connectivity index (χ4v) is 1.98. The monoisotopic (exact) mass is 266 g/mol. The molecule has 0 aliphatic carbocycles. The Morgan fingerprint density at radius 1 is 1.28 bits per heavy atom. The molecule has 1 heterocycles. The third-order valence-electron chi connectivity index (χ3n) is 2.44. The summed E-state index contributed by atoms with van der Waals surface area (Å²) < 4.78 is 10.9. The van der Waals surface area contributed by atoms with E-state index in [0.29, 0.717) is 16.4 Å². The van der Waals surface area contributed by atoms with E-state index in [1.54, 1.807) is 6.07 Å². The molecule has 2 rings (SSSR count). The summed E-state index contributed by atoms with van der Waals surface area (Å²) in [6.45, 7) is 7.64. The fourth-order valence-electron chi connectivity index (χ4n) is 1.74. The van der Waals surface area contributed by atoms with E-state index in [1.807, 2.05) is 33.8 Å². The van der Waals surface area contributed by atoms with Gasteiger partial charge in [-0.1, -0.05) is 11.6 Å². The number of aryl methyl sites for hydroxylation is 1. The first-order chi connectivity index (χ1) is 8.28. The van der Waals surface area contributed by atoms with E-state index < -0.39 is 5.63 Å². The van der Waals surface area contributed by atoms with E-state index in [1.165, 1.54) is 6.07 Å². The van der Waals surface area contributed by atoms with Crippen LogP contribution in [0.1, 0.15) is 26.3 Å². The predicted molar refractivity (Wildman–Crippen MR) is 72.6 cm³/mol. The molecule has 18 heavy (non-hydrogen) atoms. The number of fused-ring (bicyclic) bond motifs is 1. The number of hydrogen-bond acceptors (Lipinski definition) is 3. The number of halogens is 1. The summed E-state index contributed by atoms with van der Waals surface area (Å²) in [7, 11) is 0. The van der Waals surface area contributed by atoms with Crippen LogP contribution in [0.2, 0.25) is 5.02 Å². The van der Waals surface area contributed by atoms with Gasteiger partial charge < -0.3 is 9.15 Å². The van der Waals surface area contributed by atoms with Crippen molar-refractivity contribution in [3.05, 3.63) is 39.2 Å². The van der Waals surface area contributed by atoms with Gasteiger partial charge in [0.2, 0.25) is 0 Å². The molecule has 0 radical (unpaired) electrons. The van der Waals surface area contributed by atoms with Gasteiger partial charge in [-0.2, -0.15) is 0 Å². The molecular formula is C14H15ClO3. The van der Waals surface area contributed by atoms with Gasteiger partial charge >= 0.3 is 5.63 Å². The third-order valence-corrected chi connectivity index (χ3v) is 2.80. The molecule has 0 atom stereocenters. The molecule has 0 saturated heterocycles. The van der Waals surface area contributed by atoms with Crippen LogP contribution in [0.15, 0.2) is 27.4 Å². The fraction of sp³-hybridized carbons (Fsp3) is 0.357. The normalized spacial score (nSPS) is 11.8. The summed E-state index contributed by atoms with van der Waals surface area (Å²) in [5, 5.41) is 1.16. The van der Waals surface area contributed by atoms with Crippen molar-refractivity contribution in [2.24, 2.45) is 0 Å². The lowest BCUT2D eigenvalue weighted by Crippen LogP contribution is -2.23. The van der Waals surface area contributed by atoms with Crippen molar-refractivity contribution in [1.29, 1.82) is 0 Å². The van der Waals surface area contributed by atoms with E-state index >= 15 is 0 Å². The molecule has 1 aromatic heterocycles. The van der Waals surface area contributed by atoms with Crippen molar-refractivity contribution in [1.82, 2.24) is 0 Å². The smallest absolute Gasteiger partial charge is 0.336 e. The van der Waals surface area contributed by atoms with Crippen LogP contribution in [-0.4, -0.2) is 5.60 Å². The second-order valence-electron chi connectivity index (χ2n) is 5.22. The SMILES string of the molecule is Cc1cc(=O)oc2c(Cl)c(OC(C)(C)C)ccc12. The summed E-state index contributed by atoms with van der Waals surface area (Å²) >= 11 is 6.23. The average Bonchev–Trinajstić information content (AvgIpc) is 2.21. The maximum absolute atomic E-state index is 11.4. The second-order valence-corrected chi connectivity index (χ2v) is 5.60. The van der Waals surface area contributed by atoms with Gasteiger partial charge in [-0.25, -0.2) is 4.79 Å². The third kappa shape index (κ3) is 2.51. The van der Waals surface area contributed by atoms with Crippen LogP contribution < -0.4 is 10.4 Å². The standard InChI is InChI=1S/C14H15ClO3/c1-8-7-11(16)17-13-9(8)5-6-10(12(13)15)18-14(2,3)4/h5-7H,1-4H3. The summed E-state index contributed by atoms with van der Waals surface area (Å²) in [6, 6.07) is 5.09. The van der Waals surface area contributed by atoms with Crippen molar-refractivity contribution in [2.75, 3.05) is 0 Å². The molecule has 4 heteroatoms. The van der Waals surface area contributed by atoms with Gasteiger partial charge in [0.1, 0.15) is 16.4 Å². The Balaban J connectivity index is 2.67. The molecule has 0 aliphatic rings. The summed E-state index contributed by atoms with van der Waals surface area (Å²) in [5.74, 6) is 0.519. The van der Waals surface area contributed by atoms with E-state index in [0.717, 1.165) is 10.9 Å². The lowest BCUT2D eigenvalue weighted by atomic mass is 10.1. The van der Waals surface area contributed by atoms with Gasteiger partial charge in [-0.05, 0) is 45.4 Å². The molecule has 0 spiro atoms. The topological polar surface area (TPSA) is 39.4 Å². The molecule has 2 aromatic rings. The molecule has 0 N–H and O–H groups in total. The minimum absolute atomic E-state index is 0.336. The number of ether oxygens (including phenoxy) is 1. The Labute approximate surface area is 110 Å². The second kappa shape index (κ2) is 4.32. The van der Waals surface area contributed by atoms with E-state index in [-0.39, 0.29) is 5.60 Å². The predicted octanol–water partition coefficient (Wildman–Crippen LogP) is 3.93. The number of hydrogen-bond donors (Lipinski definition) is 0. The molecule has 0 saturated carbocycles. The summed E-state index contributed by atoms with van der Waals surface area (Å²) in [5.41, 5.74) is 0.449. The largest absolute Gasteiger partial charge is 0.486 e. The Bertz CT molecular complexity index is 650. The first-order valence-corrected chi connectivity index (χ1v) is 6.08. The highest BCUT2D eigenvalue weighted by molar-refractivity contribution is 6.36. The minimum Gasteiger partial charge on any atom is -0.486 e. The molecule has 0 unspecified atom stereocenters. The van der Waals surface area contributed by atoms with Crippen molar-refractivity contribution in [3.8, 4) is 5.75 Å². The average molecular weight is 267 g/mol. The van der Waals surface area contributed by atoms with Crippen molar-refractivity contribution in [2.45, 2.75) is 33.3 Å². The van der Waals surface area contributed by atoms with Crippen LogP contribution >= 0.6 is 11.6 Å². The Morgan fingerprint density at radius 3 is 2.56 bits per heavy atom. The van der Waals surface area contributed by atoms with E-state index in [2.05, 4.69) is 0 Å². The Hall–Kier alpha value is -1.48. The van der Waals surface area contributed by atoms with Gasteiger partial charge in [-0.3, -0.25) is 0 Å². The minimum atomic E-state index is -0.408. The highest BCUT2D eigenvalue weighted by Crippen LogP contribution is 2.35. The summed E-state index contributed by atoms with van der Waals surface area (Å²) in [6.07, 6.45) is 0. The maximum atomic E-state index is 11.4. The van der Waals surface area contributed by atoms with E-state index in [4.69, 9.17) is 20.8 Å². The quantitative estimate of drug-likeness (QED) is 0.734. The molecule has 96 valence electrons. The van der Waals surface area contributed by atoms with Crippen molar-refractivity contribution < 1.29 is 9.15 Å². The highest BCUT2D eigenvalue weighted by atomic mass is 35.5. The van der Waals surface area contributed by atoms with Gasteiger partial charge in [0.05, 0.1) is 0 Å². The van der Waals surface area contributed by atoms with Gasteiger partial charge in [0.15, 0.2) is 5.58 Å². The Morgan fingerprint density at radius 2 is 1.94 bits per heavy atom. The van der Waals surface area contributed by atoms with Crippen LogP contribution in [0.25, 0.3) is 11.0 Å². The van der Waals surface area contributed by atoms with E-state index in [9.17, 15) is 4.79 Å². The number of benzene rings is 1. The van der Waals surface area contributed by atoms with Crippen molar-refractivity contribution >= 4 is 22.6 Å². The van der Waals surface area contributed by atoms with Gasteiger partial charge in [-0.15, -0.1) is 0 Å². The molecule has 0 aliphatic heterocycles. The zero-order valence-corrected chi connectivity index (χ0v) is 11.6. The van der Waals surface area contributed by atoms with Crippen LogP contribution in [0.4, 0.5) is 0 Å².